The first kappa shape index (κ1) is 22.6. The van der Waals surface area contributed by atoms with Crippen molar-refractivity contribution in [1.29, 1.82) is 0 Å². The zero-order valence-electron chi connectivity index (χ0n) is 18.5. The number of aryl methyl sites for hydroxylation is 1. The van der Waals surface area contributed by atoms with Crippen LogP contribution in [0.25, 0.3) is 0 Å². The summed E-state index contributed by atoms with van der Waals surface area (Å²) >= 11 is 1.80. The minimum atomic E-state index is -0.633. The molecule has 170 valence electrons. The summed E-state index contributed by atoms with van der Waals surface area (Å²) in [7, 11) is 1.59. The maximum absolute atomic E-state index is 12.9. The zero-order valence-corrected chi connectivity index (χ0v) is 19.3. The van der Waals surface area contributed by atoms with Crippen molar-refractivity contribution >= 4 is 17.2 Å². The van der Waals surface area contributed by atoms with Crippen LogP contribution in [0.15, 0.2) is 52.3 Å². The predicted molar refractivity (Wildman–Crippen MR) is 123 cm³/mol. The number of aromatic nitrogens is 2. The highest BCUT2D eigenvalue weighted by molar-refractivity contribution is 7.09. The lowest BCUT2D eigenvalue weighted by Gasteiger charge is -2.40. The van der Waals surface area contributed by atoms with Crippen LogP contribution in [-0.4, -0.2) is 47.7 Å². The number of methoxy groups -OCH3 is 1. The predicted octanol–water partition coefficient (Wildman–Crippen LogP) is 3.56. The number of nitrogens with zero attached hydrogens (tertiary/aromatic N) is 3. The fourth-order valence-corrected chi connectivity index (χ4v) is 4.83. The van der Waals surface area contributed by atoms with Gasteiger partial charge in [0.1, 0.15) is 12.1 Å². The van der Waals surface area contributed by atoms with Gasteiger partial charge in [-0.3, -0.25) is 4.79 Å². The number of likely N-dealkylation sites (tertiary alicyclic amines) is 1. The monoisotopic (exact) mass is 454 g/mol. The number of hydrogen-bond donors (Lipinski definition) is 1. The van der Waals surface area contributed by atoms with E-state index in [1.54, 1.807) is 18.4 Å². The number of nitrogens with one attached hydrogen (secondary N) is 1. The van der Waals surface area contributed by atoms with Crippen LogP contribution in [0, 0.1) is 0 Å². The molecule has 0 aliphatic carbocycles. The Balaban J connectivity index is 1.41. The van der Waals surface area contributed by atoms with Gasteiger partial charge in [0.2, 0.25) is 17.7 Å². The van der Waals surface area contributed by atoms with Crippen molar-refractivity contribution in [2.45, 2.75) is 44.2 Å². The number of carbonyl (C=O) groups is 1. The summed E-state index contributed by atoms with van der Waals surface area (Å²) in [6.45, 7) is 3.01. The van der Waals surface area contributed by atoms with Gasteiger partial charge in [-0.15, -0.1) is 21.5 Å². The Hall–Kier alpha value is -2.55. The van der Waals surface area contributed by atoms with Gasteiger partial charge in [0.05, 0.1) is 0 Å². The van der Waals surface area contributed by atoms with Crippen LogP contribution in [0.2, 0.25) is 0 Å². The Bertz CT molecular complexity index is 966. The van der Waals surface area contributed by atoms with Gasteiger partial charge in [0.15, 0.2) is 0 Å². The molecule has 1 fully saturated rings. The molecule has 32 heavy (non-hydrogen) atoms. The molecule has 0 saturated carbocycles. The number of rotatable bonds is 10. The maximum atomic E-state index is 12.9. The van der Waals surface area contributed by atoms with Crippen LogP contribution in [0.3, 0.4) is 0 Å². The van der Waals surface area contributed by atoms with Crippen LogP contribution < -0.4 is 5.32 Å². The third kappa shape index (κ3) is 5.82. The molecule has 0 radical (unpaired) electrons. The molecule has 3 aromatic rings. The van der Waals surface area contributed by atoms with Crippen LogP contribution in [0.4, 0.5) is 0 Å². The second kappa shape index (κ2) is 10.8. The van der Waals surface area contributed by atoms with Gasteiger partial charge >= 0.3 is 0 Å². The molecular formula is C24H30N4O3S. The van der Waals surface area contributed by atoms with Gasteiger partial charge in [-0.1, -0.05) is 36.4 Å². The third-order valence-corrected chi connectivity index (χ3v) is 6.91. The second-order valence-electron chi connectivity index (χ2n) is 8.22. The highest BCUT2D eigenvalue weighted by Crippen LogP contribution is 2.33. The summed E-state index contributed by atoms with van der Waals surface area (Å²) in [5, 5.41) is 13.8. The lowest BCUT2D eigenvalue weighted by molar-refractivity contribution is -0.124. The fourth-order valence-electron chi connectivity index (χ4n) is 4.13. The number of ether oxygens (including phenoxy) is 1. The molecule has 0 spiro atoms. The molecule has 1 amide bonds. The molecular weight excluding hydrogens is 424 g/mol. The van der Waals surface area contributed by atoms with Gasteiger partial charge in [-0.05, 0) is 42.7 Å². The molecule has 1 saturated heterocycles. The highest BCUT2D eigenvalue weighted by atomic mass is 32.1. The first-order chi connectivity index (χ1) is 15.7. The van der Waals surface area contributed by atoms with Crippen molar-refractivity contribution < 1.29 is 13.9 Å². The zero-order chi connectivity index (χ0) is 22.2. The molecule has 1 aromatic carbocycles. The SMILES string of the molecule is COCc1nnc(C2(NC(=O)CCc3ccccc3)CCN(CCc3cccs3)CC2)o1. The van der Waals surface area contributed by atoms with Gasteiger partial charge in [-0.25, -0.2) is 0 Å². The van der Waals surface area contributed by atoms with E-state index in [1.165, 1.54) is 4.88 Å². The Morgan fingerprint density at radius 1 is 1.16 bits per heavy atom. The van der Waals surface area contributed by atoms with Gasteiger partial charge in [0, 0.05) is 38.0 Å². The van der Waals surface area contributed by atoms with Crippen LogP contribution in [0.5, 0.6) is 0 Å². The molecule has 0 bridgehead atoms. The average molecular weight is 455 g/mol. The summed E-state index contributed by atoms with van der Waals surface area (Å²) in [5.74, 6) is 0.920. The maximum Gasteiger partial charge on any atom is 0.242 e. The quantitative estimate of drug-likeness (QED) is 0.505. The number of thiophene rings is 1. The number of piperidine rings is 1. The summed E-state index contributed by atoms with van der Waals surface area (Å²) in [4.78, 5) is 16.8. The summed E-state index contributed by atoms with van der Waals surface area (Å²) in [5.41, 5.74) is 0.520. The molecule has 1 aliphatic heterocycles. The van der Waals surface area contributed by atoms with E-state index in [4.69, 9.17) is 9.15 Å². The van der Waals surface area contributed by atoms with Crippen molar-refractivity contribution in [3.05, 3.63) is 70.1 Å². The van der Waals surface area contributed by atoms with Gasteiger partial charge < -0.3 is 19.4 Å². The molecule has 1 N–H and O–H groups in total. The lowest BCUT2D eigenvalue weighted by atomic mass is 9.86. The van der Waals surface area contributed by atoms with Gasteiger partial charge in [0.25, 0.3) is 0 Å². The topological polar surface area (TPSA) is 80.5 Å². The number of carbonyl (C=O) groups excluding carboxylic acids is 1. The molecule has 1 aliphatic rings. The summed E-state index contributed by atoms with van der Waals surface area (Å²) in [6.07, 6.45) is 3.65. The van der Waals surface area contributed by atoms with E-state index in [0.29, 0.717) is 24.6 Å². The highest BCUT2D eigenvalue weighted by Gasteiger charge is 2.42. The molecule has 4 rings (SSSR count). The smallest absolute Gasteiger partial charge is 0.242 e. The minimum absolute atomic E-state index is 0.00683. The summed E-state index contributed by atoms with van der Waals surface area (Å²) in [6, 6.07) is 14.3. The van der Waals surface area contributed by atoms with Crippen LogP contribution in [-0.2, 0) is 34.5 Å². The van der Waals surface area contributed by atoms with Crippen LogP contribution >= 0.6 is 11.3 Å². The van der Waals surface area contributed by atoms with Crippen molar-refractivity contribution in [2.24, 2.45) is 0 Å². The molecule has 8 heteroatoms. The van der Waals surface area contributed by atoms with E-state index in [2.05, 4.69) is 37.9 Å². The normalized spacial score (nSPS) is 16.2. The van der Waals surface area contributed by atoms with Crippen LogP contribution in [0.1, 0.15) is 41.5 Å². The molecule has 7 nitrogen and oxygen atoms in total. The fraction of sp³-hybridized carbons (Fsp3) is 0.458. The molecule has 3 heterocycles. The molecule has 0 unspecified atom stereocenters. The molecule has 0 atom stereocenters. The van der Waals surface area contributed by atoms with E-state index in [-0.39, 0.29) is 12.5 Å². The average Bonchev–Trinajstić information content (AvgIpc) is 3.51. The Morgan fingerprint density at radius 3 is 2.69 bits per heavy atom. The van der Waals surface area contributed by atoms with Crippen molar-refractivity contribution in [2.75, 3.05) is 26.7 Å². The Labute approximate surface area is 192 Å². The summed E-state index contributed by atoms with van der Waals surface area (Å²) < 4.78 is 11.0. The standard InChI is InChI=1S/C24H30N4O3S/c1-30-18-22-26-27-23(31-22)24(25-21(29)10-9-19-6-3-2-4-7-19)12-15-28(16-13-24)14-11-20-8-5-17-32-20/h2-8,17H,9-16,18H2,1H3,(H,25,29). The first-order valence-electron chi connectivity index (χ1n) is 11.1. The van der Waals surface area contributed by atoms with E-state index in [9.17, 15) is 4.79 Å². The second-order valence-corrected chi connectivity index (χ2v) is 9.25. The lowest BCUT2D eigenvalue weighted by Crippen LogP contribution is -2.53. The third-order valence-electron chi connectivity index (χ3n) is 5.97. The first-order valence-corrected chi connectivity index (χ1v) is 12.0. The van der Waals surface area contributed by atoms with Gasteiger partial charge in [-0.2, -0.15) is 0 Å². The van der Waals surface area contributed by atoms with E-state index in [0.717, 1.165) is 44.5 Å². The minimum Gasteiger partial charge on any atom is -0.420 e. The van der Waals surface area contributed by atoms with Crippen molar-refractivity contribution in [3.63, 3.8) is 0 Å². The van der Waals surface area contributed by atoms with E-state index < -0.39 is 5.54 Å². The molecule has 2 aromatic heterocycles. The van der Waals surface area contributed by atoms with E-state index >= 15 is 0 Å². The largest absolute Gasteiger partial charge is 0.420 e. The Morgan fingerprint density at radius 2 is 1.97 bits per heavy atom. The number of hydrogen-bond acceptors (Lipinski definition) is 7. The van der Waals surface area contributed by atoms with Crippen molar-refractivity contribution in [3.8, 4) is 0 Å². The van der Waals surface area contributed by atoms with Crippen molar-refractivity contribution in [1.82, 2.24) is 20.4 Å². The van der Waals surface area contributed by atoms with E-state index in [1.807, 2.05) is 30.3 Å². The number of amides is 1. The Kier molecular flexibility index (Phi) is 7.68. The number of benzene rings is 1.